The van der Waals surface area contributed by atoms with Crippen LogP contribution in [0.4, 0.5) is 5.69 Å². The molecule has 0 atom stereocenters. The van der Waals surface area contributed by atoms with Crippen molar-refractivity contribution in [2.24, 2.45) is 16.6 Å². The van der Waals surface area contributed by atoms with Crippen molar-refractivity contribution in [2.45, 2.75) is 19.3 Å². The van der Waals surface area contributed by atoms with E-state index in [0.29, 0.717) is 24.3 Å². The fraction of sp³-hybridized carbons (Fsp3) is 0.417. The Morgan fingerprint density at radius 1 is 1.03 bits per heavy atom. The molecule has 0 spiro atoms. The molecule has 31 heavy (non-hydrogen) atoms. The quantitative estimate of drug-likeness (QED) is 0.530. The molecule has 2 aromatic carbocycles. The summed E-state index contributed by atoms with van der Waals surface area (Å²) in [5.41, 5.74) is 6.90. The van der Waals surface area contributed by atoms with Crippen molar-refractivity contribution >= 4 is 17.6 Å². The SMILES string of the molecule is NC(=NCCN1CCN(C(=O)C2CCC2)CC1)Nc1cccc(Oc2ccccc2)c1. The molecule has 3 N–H and O–H groups in total. The number of carbonyl (C=O) groups is 1. The van der Waals surface area contributed by atoms with Crippen LogP contribution in [0.25, 0.3) is 0 Å². The van der Waals surface area contributed by atoms with Crippen molar-refractivity contribution in [3.8, 4) is 11.5 Å². The Morgan fingerprint density at radius 3 is 2.48 bits per heavy atom. The van der Waals surface area contributed by atoms with Gasteiger partial charge in [0, 0.05) is 50.4 Å². The predicted octanol–water partition coefficient (Wildman–Crippen LogP) is 3.15. The summed E-state index contributed by atoms with van der Waals surface area (Å²) in [6.45, 7) is 4.91. The first-order valence-corrected chi connectivity index (χ1v) is 11.1. The zero-order chi connectivity index (χ0) is 21.5. The molecule has 1 saturated carbocycles. The molecule has 2 aromatic rings. The molecule has 0 bridgehead atoms. The van der Waals surface area contributed by atoms with Crippen LogP contribution in [0, 0.1) is 5.92 Å². The molecule has 1 saturated heterocycles. The van der Waals surface area contributed by atoms with Crippen molar-refractivity contribution in [2.75, 3.05) is 44.6 Å². The van der Waals surface area contributed by atoms with Crippen molar-refractivity contribution in [1.82, 2.24) is 9.80 Å². The molecule has 1 aliphatic carbocycles. The molecule has 1 amide bonds. The van der Waals surface area contributed by atoms with Gasteiger partial charge in [-0.15, -0.1) is 0 Å². The molecule has 2 aliphatic rings. The van der Waals surface area contributed by atoms with Gasteiger partial charge in [-0.25, -0.2) is 0 Å². The highest BCUT2D eigenvalue weighted by Gasteiger charge is 2.30. The summed E-state index contributed by atoms with van der Waals surface area (Å²) in [6.07, 6.45) is 3.34. The molecule has 1 heterocycles. The number of rotatable bonds is 7. The van der Waals surface area contributed by atoms with Gasteiger partial charge in [-0.3, -0.25) is 14.7 Å². The second-order valence-electron chi connectivity index (χ2n) is 8.13. The van der Waals surface area contributed by atoms with Gasteiger partial charge in [0.15, 0.2) is 5.96 Å². The van der Waals surface area contributed by atoms with Crippen molar-refractivity contribution in [1.29, 1.82) is 0 Å². The number of nitrogens with two attached hydrogens (primary N) is 1. The van der Waals surface area contributed by atoms with Crippen LogP contribution in [0.5, 0.6) is 11.5 Å². The molecule has 7 nitrogen and oxygen atoms in total. The van der Waals surface area contributed by atoms with Crippen LogP contribution in [-0.2, 0) is 4.79 Å². The third kappa shape index (κ3) is 5.98. The van der Waals surface area contributed by atoms with E-state index in [2.05, 4.69) is 15.2 Å². The summed E-state index contributed by atoms with van der Waals surface area (Å²) in [4.78, 5) is 21.2. The lowest BCUT2D eigenvalue weighted by atomic mass is 9.84. The van der Waals surface area contributed by atoms with Crippen LogP contribution >= 0.6 is 0 Å². The molecule has 0 unspecified atom stereocenters. The number of piperazine rings is 1. The number of carbonyl (C=O) groups excluding carboxylic acids is 1. The maximum absolute atomic E-state index is 12.3. The first-order valence-electron chi connectivity index (χ1n) is 11.1. The highest BCUT2D eigenvalue weighted by atomic mass is 16.5. The van der Waals surface area contributed by atoms with Gasteiger partial charge in [0.05, 0.1) is 6.54 Å². The molecule has 164 valence electrons. The summed E-state index contributed by atoms with van der Waals surface area (Å²) >= 11 is 0. The second kappa shape index (κ2) is 10.3. The summed E-state index contributed by atoms with van der Waals surface area (Å²) in [7, 11) is 0. The Kier molecular flexibility index (Phi) is 7.04. The second-order valence-corrected chi connectivity index (χ2v) is 8.13. The number of anilines is 1. The average molecular weight is 422 g/mol. The average Bonchev–Trinajstić information content (AvgIpc) is 2.74. The number of aliphatic imine (C=N–C) groups is 1. The lowest BCUT2D eigenvalue weighted by molar-refractivity contribution is -0.139. The van der Waals surface area contributed by atoms with E-state index in [-0.39, 0.29) is 0 Å². The van der Waals surface area contributed by atoms with Crippen LogP contribution in [0.3, 0.4) is 0 Å². The number of amides is 1. The minimum Gasteiger partial charge on any atom is -0.457 e. The maximum Gasteiger partial charge on any atom is 0.225 e. The van der Waals surface area contributed by atoms with Gasteiger partial charge in [-0.2, -0.15) is 0 Å². The molecule has 0 aromatic heterocycles. The third-order valence-electron chi connectivity index (χ3n) is 5.92. The van der Waals surface area contributed by atoms with Gasteiger partial charge >= 0.3 is 0 Å². The number of hydrogen-bond donors (Lipinski definition) is 2. The van der Waals surface area contributed by atoms with Gasteiger partial charge < -0.3 is 20.7 Å². The number of nitrogens with zero attached hydrogens (tertiary/aromatic N) is 3. The molecule has 0 radical (unpaired) electrons. The van der Waals surface area contributed by atoms with E-state index in [1.807, 2.05) is 59.5 Å². The number of ether oxygens (including phenoxy) is 1. The standard InChI is InChI=1S/C24H31N5O2/c25-24(27-20-8-5-11-22(18-20)31-21-9-2-1-3-10-21)26-12-13-28-14-16-29(17-15-28)23(30)19-6-4-7-19/h1-3,5,8-11,18-19H,4,6-7,12-17H2,(H3,25,26,27). The van der Waals surface area contributed by atoms with Crippen LogP contribution in [0.2, 0.25) is 0 Å². The maximum atomic E-state index is 12.3. The number of guanidine groups is 1. The number of para-hydroxylation sites is 1. The topological polar surface area (TPSA) is 83.2 Å². The smallest absolute Gasteiger partial charge is 0.225 e. The number of nitrogens with one attached hydrogen (secondary N) is 1. The van der Waals surface area contributed by atoms with Gasteiger partial charge in [-0.05, 0) is 37.1 Å². The zero-order valence-electron chi connectivity index (χ0n) is 17.9. The highest BCUT2D eigenvalue weighted by Crippen LogP contribution is 2.28. The van der Waals surface area contributed by atoms with Gasteiger partial charge in [0.25, 0.3) is 0 Å². The van der Waals surface area contributed by atoms with Gasteiger partial charge in [-0.1, -0.05) is 30.7 Å². The monoisotopic (exact) mass is 421 g/mol. The molecule has 7 heteroatoms. The summed E-state index contributed by atoms with van der Waals surface area (Å²) < 4.78 is 5.86. The van der Waals surface area contributed by atoms with Crippen LogP contribution < -0.4 is 15.8 Å². The van der Waals surface area contributed by atoms with Crippen LogP contribution in [-0.4, -0.2) is 60.9 Å². The van der Waals surface area contributed by atoms with Crippen molar-refractivity contribution in [3.63, 3.8) is 0 Å². The lowest BCUT2D eigenvalue weighted by Crippen LogP contribution is -2.51. The lowest BCUT2D eigenvalue weighted by Gasteiger charge is -2.38. The third-order valence-corrected chi connectivity index (χ3v) is 5.92. The Balaban J connectivity index is 1.20. The molecular weight excluding hydrogens is 390 g/mol. The molecular formula is C24H31N5O2. The van der Waals surface area contributed by atoms with E-state index in [4.69, 9.17) is 10.5 Å². The summed E-state index contributed by atoms with van der Waals surface area (Å²) in [5.74, 6) is 2.55. The zero-order valence-corrected chi connectivity index (χ0v) is 17.9. The largest absolute Gasteiger partial charge is 0.457 e. The van der Waals surface area contributed by atoms with Gasteiger partial charge in [0.1, 0.15) is 11.5 Å². The van der Waals surface area contributed by atoms with Crippen molar-refractivity contribution in [3.05, 3.63) is 54.6 Å². The summed E-state index contributed by atoms with van der Waals surface area (Å²) in [6, 6.07) is 17.3. The van der Waals surface area contributed by atoms with Crippen LogP contribution in [0.15, 0.2) is 59.6 Å². The number of hydrogen-bond acceptors (Lipinski definition) is 4. The first kappa shape index (κ1) is 21.2. The van der Waals surface area contributed by atoms with E-state index in [1.54, 1.807) is 0 Å². The normalized spacial score (nSPS) is 17.8. The first-order chi connectivity index (χ1) is 15.2. The molecule has 1 aliphatic heterocycles. The minimum absolute atomic E-state index is 0.290. The van der Waals surface area contributed by atoms with E-state index < -0.39 is 0 Å². The molecule has 2 fully saturated rings. The summed E-state index contributed by atoms with van der Waals surface area (Å²) in [5, 5.41) is 3.13. The predicted molar refractivity (Wildman–Crippen MR) is 123 cm³/mol. The minimum atomic E-state index is 0.290. The Bertz CT molecular complexity index is 890. The van der Waals surface area contributed by atoms with Crippen molar-refractivity contribution < 1.29 is 9.53 Å². The van der Waals surface area contributed by atoms with Gasteiger partial charge in [0.2, 0.25) is 5.91 Å². The Labute approximate surface area is 183 Å². The van der Waals surface area contributed by atoms with Crippen LogP contribution in [0.1, 0.15) is 19.3 Å². The Morgan fingerprint density at radius 2 is 1.77 bits per heavy atom. The fourth-order valence-corrected chi connectivity index (χ4v) is 3.87. The molecule has 4 rings (SSSR count). The van der Waals surface area contributed by atoms with E-state index in [1.165, 1.54) is 6.42 Å². The number of benzene rings is 2. The fourth-order valence-electron chi connectivity index (χ4n) is 3.87. The highest BCUT2D eigenvalue weighted by molar-refractivity contribution is 5.92. The van der Waals surface area contributed by atoms with E-state index in [9.17, 15) is 4.79 Å². The van der Waals surface area contributed by atoms with E-state index >= 15 is 0 Å². The Hall–Kier alpha value is -3.06. The van der Waals surface area contributed by atoms with E-state index in [0.717, 1.165) is 62.8 Å².